The molecule has 0 saturated carbocycles. The molecule has 1 aromatic carbocycles. The number of nitrogens with zero attached hydrogens (tertiary/aromatic N) is 3. The van der Waals surface area contributed by atoms with Gasteiger partial charge in [-0.15, -0.1) is 0 Å². The van der Waals surface area contributed by atoms with Crippen molar-refractivity contribution < 1.29 is 0 Å². The van der Waals surface area contributed by atoms with Crippen molar-refractivity contribution in [2.45, 2.75) is 18.9 Å². The molecular weight excluding hydrogens is 352 g/mol. The Labute approximate surface area is 155 Å². The van der Waals surface area contributed by atoms with Gasteiger partial charge in [0.25, 0.3) is 11.1 Å². The molecule has 136 valence electrons. The minimum Gasteiger partial charge on any atom is -0.310 e. The lowest BCUT2D eigenvalue weighted by Gasteiger charge is -2.28. The highest BCUT2D eigenvalue weighted by Gasteiger charge is 2.23. The van der Waals surface area contributed by atoms with Crippen molar-refractivity contribution in [1.29, 1.82) is 0 Å². The zero-order valence-electron chi connectivity index (χ0n) is 14.8. The fourth-order valence-electron chi connectivity index (χ4n) is 3.76. The zero-order valence-corrected chi connectivity index (χ0v) is 15.6. The number of halogens is 1. The van der Waals surface area contributed by atoms with Gasteiger partial charge in [0.1, 0.15) is 0 Å². The first-order chi connectivity index (χ1) is 12.5. The average molecular weight is 373 g/mol. The number of aromatic amines is 1. The van der Waals surface area contributed by atoms with Crippen molar-refractivity contribution in [2.24, 2.45) is 7.05 Å². The third-order valence-electron chi connectivity index (χ3n) is 5.28. The highest BCUT2D eigenvalue weighted by atomic mass is 35.5. The third kappa shape index (κ3) is 2.79. The van der Waals surface area contributed by atoms with Gasteiger partial charge < -0.3 is 9.47 Å². The largest absolute Gasteiger partial charge is 0.310 e. The number of likely N-dealkylation sites (tertiary alicyclic amines) is 1. The van der Waals surface area contributed by atoms with Crippen molar-refractivity contribution in [3.63, 3.8) is 0 Å². The van der Waals surface area contributed by atoms with Crippen molar-refractivity contribution in [2.75, 3.05) is 20.1 Å². The van der Waals surface area contributed by atoms with E-state index in [0.717, 1.165) is 31.5 Å². The number of hydrogen-bond donors (Lipinski definition) is 1. The Hall–Kier alpha value is -2.31. The van der Waals surface area contributed by atoms with E-state index in [1.807, 2.05) is 12.1 Å². The molecule has 0 bridgehead atoms. The number of benzene rings is 1. The van der Waals surface area contributed by atoms with Crippen LogP contribution in [-0.4, -0.2) is 39.4 Å². The van der Waals surface area contributed by atoms with Crippen LogP contribution in [-0.2, 0) is 7.05 Å². The van der Waals surface area contributed by atoms with Crippen LogP contribution < -0.4 is 11.1 Å². The number of pyridine rings is 1. The molecule has 6 nitrogen and oxygen atoms in total. The minimum atomic E-state index is -0.153. The Kier molecular flexibility index (Phi) is 4.25. The van der Waals surface area contributed by atoms with Gasteiger partial charge in [-0.1, -0.05) is 23.7 Å². The van der Waals surface area contributed by atoms with Gasteiger partial charge in [0.15, 0.2) is 0 Å². The van der Waals surface area contributed by atoms with E-state index >= 15 is 0 Å². The molecule has 1 saturated heterocycles. The van der Waals surface area contributed by atoms with E-state index in [4.69, 9.17) is 11.6 Å². The Bertz CT molecular complexity index is 1070. The number of hydrogen-bond acceptors (Lipinski definition) is 3. The summed E-state index contributed by atoms with van der Waals surface area (Å²) in [7, 11) is 3.78. The summed E-state index contributed by atoms with van der Waals surface area (Å²) in [5, 5.41) is 4.35. The van der Waals surface area contributed by atoms with E-state index in [1.165, 1.54) is 10.6 Å². The van der Waals surface area contributed by atoms with E-state index in [0.29, 0.717) is 21.6 Å². The minimum absolute atomic E-state index is 0.0740. The first-order valence-electron chi connectivity index (χ1n) is 8.74. The van der Waals surface area contributed by atoms with Gasteiger partial charge in [0, 0.05) is 18.1 Å². The van der Waals surface area contributed by atoms with Crippen LogP contribution in [0.15, 0.2) is 39.9 Å². The van der Waals surface area contributed by atoms with Crippen LogP contribution in [0.25, 0.3) is 22.2 Å². The van der Waals surface area contributed by atoms with Crippen LogP contribution in [0, 0.1) is 0 Å². The van der Waals surface area contributed by atoms with E-state index < -0.39 is 0 Å². The second-order valence-corrected chi connectivity index (χ2v) is 7.44. The van der Waals surface area contributed by atoms with Crippen LogP contribution in [0.4, 0.5) is 0 Å². The molecular formula is C19H21ClN4O2. The summed E-state index contributed by atoms with van der Waals surface area (Å²) in [5.41, 5.74) is 1.78. The average Bonchev–Trinajstić information content (AvgIpc) is 2.94. The summed E-state index contributed by atoms with van der Waals surface area (Å²) < 4.78 is 3.23. The van der Waals surface area contributed by atoms with Crippen LogP contribution >= 0.6 is 11.6 Å². The lowest BCUT2D eigenvalue weighted by molar-refractivity contribution is 0.210. The fraction of sp³-hybridized carbons (Fsp3) is 0.368. The molecule has 0 atom stereocenters. The highest BCUT2D eigenvalue weighted by Crippen LogP contribution is 2.27. The molecule has 0 unspecified atom stereocenters. The van der Waals surface area contributed by atoms with E-state index in [-0.39, 0.29) is 17.2 Å². The molecule has 1 fully saturated rings. The smallest absolute Gasteiger partial charge is 0.276 e. The Morgan fingerprint density at radius 3 is 2.38 bits per heavy atom. The highest BCUT2D eigenvalue weighted by molar-refractivity contribution is 6.30. The first-order valence-corrected chi connectivity index (χ1v) is 9.12. The van der Waals surface area contributed by atoms with Crippen molar-refractivity contribution in [3.05, 3.63) is 56.1 Å². The second kappa shape index (κ2) is 6.45. The van der Waals surface area contributed by atoms with Gasteiger partial charge in [-0.25, -0.2) is 4.68 Å². The third-order valence-corrected chi connectivity index (χ3v) is 5.54. The molecule has 3 aromatic rings. The molecule has 7 heteroatoms. The number of aromatic nitrogens is 3. The second-order valence-electron chi connectivity index (χ2n) is 7.01. The van der Waals surface area contributed by atoms with E-state index in [9.17, 15) is 9.59 Å². The SMILES string of the molecule is CN1CCC(n2[nH]c3cc(=O)n(C)c(-c4ccc(Cl)cc4)c3c2=O)CC1. The number of piperidine rings is 1. The first kappa shape index (κ1) is 17.1. The van der Waals surface area contributed by atoms with E-state index in [1.54, 1.807) is 23.9 Å². The molecule has 3 heterocycles. The number of nitrogens with one attached hydrogen (secondary N) is 1. The van der Waals surface area contributed by atoms with Crippen molar-refractivity contribution >= 4 is 22.5 Å². The Morgan fingerprint density at radius 1 is 1.08 bits per heavy atom. The maximum atomic E-state index is 13.2. The van der Waals surface area contributed by atoms with Gasteiger partial charge >= 0.3 is 0 Å². The van der Waals surface area contributed by atoms with Gasteiger partial charge in [0.05, 0.1) is 22.6 Å². The molecule has 0 aliphatic carbocycles. The van der Waals surface area contributed by atoms with Crippen LogP contribution in [0.2, 0.25) is 5.02 Å². The maximum absolute atomic E-state index is 13.2. The van der Waals surface area contributed by atoms with Crippen molar-refractivity contribution in [3.8, 4) is 11.3 Å². The normalized spacial score (nSPS) is 16.4. The standard InChI is InChI=1S/C19H21ClN4O2/c1-22-9-7-14(8-10-22)24-19(26)17-15(21-24)11-16(25)23(2)18(17)12-3-5-13(20)6-4-12/h3-6,11,14,21H,7-10H2,1-2H3. The van der Waals surface area contributed by atoms with Gasteiger partial charge in [-0.2, -0.15) is 0 Å². The topological polar surface area (TPSA) is 63.0 Å². The molecule has 0 amide bonds. The molecule has 4 rings (SSSR count). The van der Waals surface area contributed by atoms with Crippen LogP contribution in [0.3, 0.4) is 0 Å². The number of H-pyrrole nitrogens is 1. The van der Waals surface area contributed by atoms with Gasteiger partial charge in [-0.3, -0.25) is 14.7 Å². The summed E-state index contributed by atoms with van der Waals surface area (Å²) in [5.74, 6) is 0. The molecule has 1 aliphatic rings. The number of rotatable bonds is 2. The Balaban J connectivity index is 1.94. The molecule has 0 spiro atoms. The Morgan fingerprint density at radius 2 is 1.73 bits per heavy atom. The number of fused-ring (bicyclic) bond motifs is 1. The summed E-state index contributed by atoms with van der Waals surface area (Å²) in [6.07, 6.45) is 1.83. The summed E-state index contributed by atoms with van der Waals surface area (Å²) in [6.45, 7) is 1.91. The summed E-state index contributed by atoms with van der Waals surface area (Å²) in [4.78, 5) is 27.9. The molecule has 1 aliphatic heterocycles. The predicted octanol–water partition coefficient (Wildman–Crippen LogP) is 2.62. The van der Waals surface area contributed by atoms with Crippen LogP contribution in [0.1, 0.15) is 18.9 Å². The van der Waals surface area contributed by atoms with Crippen molar-refractivity contribution in [1.82, 2.24) is 19.2 Å². The summed E-state index contributed by atoms with van der Waals surface area (Å²) >= 11 is 5.99. The molecule has 1 N–H and O–H groups in total. The lowest BCUT2D eigenvalue weighted by Crippen LogP contribution is -2.35. The summed E-state index contributed by atoms with van der Waals surface area (Å²) in [6, 6.07) is 8.84. The van der Waals surface area contributed by atoms with E-state index in [2.05, 4.69) is 17.0 Å². The lowest BCUT2D eigenvalue weighted by atomic mass is 10.1. The fourth-order valence-corrected chi connectivity index (χ4v) is 3.89. The molecule has 2 aromatic heterocycles. The predicted molar refractivity (Wildman–Crippen MR) is 104 cm³/mol. The molecule has 0 radical (unpaired) electrons. The zero-order chi connectivity index (χ0) is 18.4. The van der Waals surface area contributed by atoms with Gasteiger partial charge in [0.2, 0.25) is 0 Å². The maximum Gasteiger partial charge on any atom is 0.276 e. The van der Waals surface area contributed by atoms with Crippen LogP contribution in [0.5, 0.6) is 0 Å². The monoisotopic (exact) mass is 372 g/mol. The van der Waals surface area contributed by atoms with Gasteiger partial charge in [-0.05, 0) is 50.7 Å². The molecule has 26 heavy (non-hydrogen) atoms. The quantitative estimate of drug-likeness (QED) is 0.752.